The van der Waals surface area contributed by atoms with Gasteiger partial charge in [0.2, 0.25) is 5.82 Å². The van der Waals surface area contributed by atoms with Crippen molar-refractivity contribution >= 4 is 0 Å². The fraction of sp³-hybridized carbons (Fsp3) is 0.333. The summed E-state index contributed by atoms with van der Waals surface area (Å²) >= 11 is 0. The summed E-state index contributed by atoms with van der Waals surface area (Å²) in [5.74, 6) is -1.38. The first-order chi connectivity index (χ1) is 16.9. The zero-order valence-electron chi connectivity index (χ0n) is 18.6. The van der Waals surface area contributed by atoms with Crippen LogP contribution in [0.1, 0.15) is 67.4 Å². The predicted octanol–water partition coefficient (Wildman–Crippen LogP) is 4.15. The van der Waals surface area contributed by atoms with Crippen LogP contribution in [0, 0.1) is 17.5 Å². The van der Waals surface area contributed by atoms with Crippen molar-refractivity contribution in [2.75, 3.05) is 0 Å². The molecular formula is C24H20F3N7O. The third-order valence-corrected chi connectivity index (χ3v) is 7.07. The molecule has 4 aromatic rings. The van der Waals surface area contributed by atoms with Crippen LogP contribution in [0.5, 0.6) is 0 Å². The van der Waals surface area contributed by atoms with Crippen molar-refractivity contribution in [3.63, 3.8) is 0 Å². The van der Waals surface area contributed by atoms with Crippen molar-refractivity contribution in [2.24, 2.45) is 0 Å². The summed E-state index contributed by atoms with van der Waals surface area (Å²) in [6.45, 7) is 1.54. The lowest BCUT2D eigenvalue weighted by molar-refractivity contribution is 0.189. The highest BCUT2D eigenvalue weighted by Crippen LogP contribution is 2.55. The van der Waals surface area contributed by atoms with Crippen LogP contribution in [0.2, 0.25) is 0 Å². The second kappa shape index (κ2) is 7.91. The van der Waals surface area contributed by atoms with Crippen LogP contribution in [0.4, 0.5) is 13.2 Å². The van der Waals surface area contributed by atoms with E-state index in [1.54, 1.807) is 6.07 Å². The van der Waals surface area contributed by atoms with E-state index in [0.717, 1.165) is 24.6 Å². The highest BCUT2D eigenvalue weighted by Gasteiger charge is 2.50. The van der Waals surface area contributed by atoms with Gasteiger partial charge in [0.05, 0.1) is 34.3 Å². The van der Waals surface area contributed by atoms with Crippen LogP contribution in [-0.4, -0.2) is 40.5 Å². The lowest BCUT2D eigenvalue weighted by atomic mass is 9.58. The molecule has 0 saturated heterocycles. The highest BCUT2D eigenvalue weighted by atomic mass is 19.1. The van der Waals surface area contributed by atoms with E-state index >= 15 is 4.39 Å². The molecule has 0 unspecified atom stereocenters. The molecule has 3 heterocycles. The minimum absolute atomic E-state index is 0.109. The van der Waals surface area contributed by atoms with E-state index in [2.05, 4.69) is 35.3 Å². The molecule has 0 amide bonds. The van der Waals surface area contributed by atoms with E-state index in [4.69, 9.17) is 0 Å². The van der Waals surface area contributed by atoms with Crippen molar-refractivity contribution in [1.82, 2.24) is 35.3 Å². The Morgan fingerprint density at radius 1 is 1.00 bits per heavy atom. The third-order valence-electron chi connectivity index (χ3n) is 7.07. The Kier molecular flexibility index (Phi) is 4.92. The molecule has 35 heavy (non-hydrogen) atoms. The van der Waals surface area contributed by atoms with E-state index in [1.807, 2.05) is 0 Å². The first kappa shape index (κ1) is 21.8. The van der Waals surface area contributed by atoms with E-state index in [0.29, 0.717) is 18.5 Å². The van der Waals surface area contributed by atoms with E-state index in [9.17, 15) is 13.9 Å². The minimum atomic E-state index is -0.862. The molecule has 1 saturated carbocycles. The third kappa shape index (κ3) is 3.33. The summed E-state index contributed by atoms with van der Waals surface area (Å²) in [5.41, 5.74) is 0.580. The fourth-order valence-corrected chi connectivity index (χ4v) is 5.33. The molecule has 8 nitrogen and oxygen atoms in total. The Morgan fingerprint density at radius 3 is 2.43 bits per heavy atom. The van der Waals surface area contributed by atoms with Gasteiger partial charge in [0, 0.05) is 0 Å². The van der Waals surface area contributed by atoms with Gasteiger partial charge in [-0.2, -0.15) is 5.10 Å². The molecule has 1 aromatic carbocycles. The van der Waals surface area contributed by atoms with E-state index < -0.39 is 29.0 Å². The number of aliphatic hydroxyl groups excluding tert-OH is 1. The molecule has 1 fully saturated rings. The van der Waals surface area contributed by atoms with Crippen molar-refractivity contribution in [3.05, 3.63) is 70.7 Å². The number of nitrogens with zero attached hydrogens (tertiary/aromatic N) is 6. The largest absolute Gasteiger partial charge is 0.385 e. The number of hydrogen-bond donors (Lipinski definition) is 2. The SMILES string of the molecule is C[C@@H](O)c1nc(-c2ncc(F)c(C34CCC(CC3)c3cc(-c5c(F)cccc5F)nnc34)n2)n[nH]1. The summed E-state index contributed by atoms with van der Waals surface area (Å²) in [4.78, 5) is 12.8. The quantitative estimate of drug-likeness (QED) is 0.452. The summed E-state index contributed by atoms with van der Waals surface area (Å²) in [6.07, 6.45) is 2.94. The van der Waals surface area contributed by atoms with Gasteiger partial charge in [0.1, 0.15) is 17.7 Å². The molecule has 178 valence electrons. The summed E-state index contributed by atoms with van der Waals surface area (Å²) < 4.78 is 44.0. The highest BCUT2D eigenvalue weighted by molar-refractivity contribution is 5.62. The van der Waals surface area contributed by atoms with Gasteiger partial charge in [0.25, 0.3) is 0 Å². The number of benzene rings is 1. The number of aromatic amines is 1. The Bertz CT molecular complexity index is 1430. The first-order valence-corrected chi connectivity index (χ1v) is 11.3. The maximum atomic E-state index is 15.2. The van der Waals surface area contributed by atoms with Gasteiger partial charge in [0.15, 0.2) is 17.5 Å². The zero-order chi connectivity index (χ0) is 24.3. The Morgan fingerprint density at radius 2 is 1.74 bits per heavy atom. The van der Waals surface area contributed by atoms with Crippen LogP contribution in [0.15, 0.2) is 30.5 Å². The van der Waals surface area contributed by atoms with Crippen LogP contribution < -0.4 is 0 Å². The number of aromatic nitrogens is 7. The molecule has 3 aliphatic carbocycles. The zero-order valence-corrected chi connectivity index (χ0v) is 18.6. The molecule has 11 heteroatoms. The molecule has 7 rings (SSSR count). The number of fused-ring (bicyclic) bond motifs is 2. The number of nitrogens with one attached hydrogen (secondary N) is 1. The van der Waals surface area contributed by atoms with Gasteiger partial charge >= 0.3 is 0 Å². The van der Waals surface area contributed by atoms with Crippen LogP contribution in [0.3, 0.4) is 0 Å². The van der Waals surface area contributed by atoms with Crippen molar-refractivity contribution in [2.45, 2.75) is 50.0 Å². The van der Waals surface area contributed by atoms with Crippen LogP contribution in [-0.2, 0) is 5.41 Å². The number of aliphatic hydroxyl groups is 1. The van der Waals surface area contributed by atoms with Gasteiger partial charge in [-0.15, -0.1) is 10.2 Å². The van der Waals surface area contributed by atoms with Gasteiger partial charge in [-0.3, -0.25) is 5.10 Å². The normalized spacial score (nSPS) is 21.7. The molecule has 0 radical (unpaired) electrons. The summed E-state index contributed by atoms with van der Waals surface area (Å²) in [7, 11) is 0. The fourth-order valence-electron chi connectivity index (χ4n) is 5.33. The molecule has 2 bridgehead atoms. The van der Waals surface area contributed by atoms with Crippen LogP contribution >= 0.6 is 0 Å². The topological polar surface area (TPSA) is 113 Å². The van der Waals surface area contributed by atoms with Gasteiger partial charge in [-0.05, 0) is 62.3 Å². The lowest BCUT2D eigenvalue weighted by Gasteiger charge is -2.46. The summed E-state index contributed by atoms with van der Waals surface area (Å²) in [5, 5.41) is 24.9. The Balaban J connectivity index is 1.48. The summed E-state index contributed by atoms with van der Waals surface area (Å²) in [6, 6.07) is 5.32. The molecule has 3 aromatic heterocycles. The van der Waals surface area contributed by atoms with Gasteiger partial charge in [-0.25, -0.2) is 28.1 Å². The molecule has 0 spiro atoms. The second-order valence-corrected chi connectivity index (χ2v) is 9.10. The molecule has 2 N–H and O–H groups in total. The second-order valence-electron chi connectivity index (χ2n) is 9.10. The van der Waals surface area contributed by atoms with Gasteiger partial charge < -0.3 is 5.11 Å². The molecular weight excluding hydrogens is 459 g/mol. The predicted molar refractivity (Wildman–Crippen MR) is 117 cm³/mol. The van der Waals surface area contributed by atoms with Crippen LogP contribution in [0.25, 0.3) is 22.9 Å². The number of H-pyrrole nitrogens is 1. The number of halogens is 3. The Hall–Kier alpha value is -3.73. The monoisotopic (exact) mass is 479 g/mol. The maximum absolute atomic E-state index is 15.2. The standard InChI is InChI=1S/C24H20F3N7O/c1-11(35)21-30-23(34-33-21)22-28-10-16(27)20(29-22)24-7-5-12(6-8-24)13-9-17(31-32-19(13)24)18-14(25)3-2-4-15(18)26/h2-4,9-12,35H,5-8H2,1H3,(H,30,33,34)/t11-,12?,24?/m1/s1. The number of hydrogen-bond acceptors (Lipinski definition) is 7. The van der Waals surface area contributed by atoms with E-state index in [1.165, 1.54) is 25.1 Å². The number of rotatable bonds is 4. The maximum Gasteiger partial charge on any atom is 0.219 e. The van der Waals surface area contributed by atoms with Crippen molar-refractivity contribution in [1.29, 1.82) is 0 Å². The van der Waals surface area contributed by atoms with Crippen molar-refractivity contribution < 1.29 is 18.3 Å². The average Bonchev–Trinajstić information content (AvgIpc) is 3.36. The minimum Gasteiger partial charge on any atom is -0.385 e. The molecule has 3 aliphatic rings. The van der Waals surface area contributed by atoms with E-state index in [-0.39, 0.29) is 40.3 Å². The Labute approximate surface area is 197 Å². The van der Waals surface area contributed by atoms with Crippen molar-refractivity contribution in [3.8, 4) is 22.9 Å². The van der Waals surface area contributed by atoms with Gasteiger partial charge in [-0.1, -0.05) is 6.07 Å². The average molecular weight is 479 g/mol. The smallest absolute Gasteiger partial charge is 0.219 e. The molecule has 0 aliphatic heterocycles. The lowest BCUT2D eigenvalue weighted by Crippen LogP contribution is -2.41. The molecule has 1 atom stereocenters. The first-order valence-electron chi connectivity index (χ1n) is 11.3.